The Morgan fingerprint density at radius 2 is 2.00 bits per heavy atom. The summed E-state index contributed by atoms with van der Waals surface area (Å²) in [7, 11) is 0. The molecule has 0 aliphatic carbocycles. The third-order valence-corrected chi connectivity index (χ3v) is 0.354. The van der Waals surface area contributed by atoms with Crippen LogP contribution in [0.3, 0.4) is 0 Å². The van der Waals surface area contributed by atoms with Gasteiger partial charge in [0.25, 0.3) is 0 Å². The zero-order valence-corrected chi connectivity index (χ0v) is 5.97. The summed E-state index contributed by atoms with van der Waals surface area (Å²) < 4.78 is 0.667. The first-order valence-electron chi connectivity index (χ1n) is 2.17. The first kappa shape index (κ1) is 10.4. The molecule has 0 heterocycles. The number of carbonyl (C=O) groups is 1. The van der Waals surface area contributed by atoms with Gasteiger partial charge in [-0.1, -0.05) is 0 Å². The fourth-order valence-corrected chi connectivity index (χ4v) is 0. The van der Waals surface area contributed by atoms with E-state index in [0.717, 1.165) is 6.29 Å². The first-order valence-corrected chi connectivity index (χ1v) is 3.17. The number of aliphatic hydroxyl groups is 1. The van der Waals surface area contributed by atoms with E-state index in [1.807, 2.05) is 0 Å². The molecule has 0 aliphatic heterocycles. The molecule has 0 rings (SSSR count). The fraction of sp³-hybridized carbons (Fsp3) is 0.750. The van der Waals surface area contributed by atoms with Gasteiger partial charge in [0.2, 0.25) is 0 Å². The number of rotatable bonds is 1. The summed E-state index contributed by atoms with van der Waals surface area (Å²) in [6.45, 7) is 1.93. The van der Waals surface area contributed by atoms with E-state index >= 15 is 0 Å². The van der Waals surface area contributed by atoms with Crippen molar-refractivity contribution < 1.29 is 9.90 Å². The Labute approximate surface area is 56.3 Å². The molecule has 0 saturated heterocycles. The molecule has 1 N–H and O–H groups in total. The van der Waals surface area contributed by atoms with Crippen molar-refractivity contribution in [1.29, 1.82) is 0 Å². The summed E-state index contributed by atoms with van der Waals surface area (Å²) in [6, 6.07) is 0. The zero-order chi connectivity index (χ0) is 6.12. The smallest absolute Gasteiger partial charge is 0.397 e. The predicted octanol–water partition coefficient (Wildman–Crippen LogP) is -0.229. The Morgan fingerprint density at radius 3 is 2.00 bits per heavy atom. The van der Waals surface area contributed by atoms with Crippen molar-refractivity contribution >= 4 is 28.0 Å². The van der Waals surface area contributed by atoms with Gasteiger partial charge in [0.05, 0.1) is 0 Å². The molecule has 0 fully saturated rings. The minimum atomic E-state index is 0.250. The van der Waals surface area contributed by atoms with Gasteiger partial charge in [-0.05, 0) is 6.92 Å². The van der Waals surface area contributed by atoms with Crippen LogP contribution in [0.4, 0.5) is 0 Å². The lowest BCUT2D eigenvalue weighted by molar-refractivity contribution is -0.106. The second-order valence-corrected chi connectivity index (χ2v) is 1.35. The van der Waals surface area contributed by atoms with E-state index in [0.29, 0.717) is 4.55 Å². The van der Waals surface area contributed by atoms with Gasteiger partial charge in [-0.2, -0.15) is 0 Å². The van der Waals surface area contributed by atoms with E-state index < -0.39 is 0 Å². The SMILES string of the molecule is CCO.O=C[CH2][Mg+2]. The maximum Gasteiger partial charge on any atom is 1.42 e. The van der Waals surface area contributed by atoms with Crippen molar-refractivity contribution in [2.75, 3.05) is 6.61 Å². The van der Waals surface area contributed by atoms with E-state index in [2.05, 4.69) is 0 Å². The average molecular weight is 113 g/mol. The van der Waals surface area contributed by atoms with Gasteiger partial charge in [0.1, 0.15) is 0 Å². The molecule has 2 nitrogen and oxygen atoms in total. The standard InChI is InChI=1S/C2H6O.C2H3O.Mg/c2*1-2-3;/h3H,2H2,1H3;2H,1H2;/q;;+2. The van der Waals surface area contributed by atoms with E-state index in [4.69, 9.17) is 5.11 Å². The van der Waals surface area contributed by atoms with Crippen LogP contribution >= 0.6 is 0 Å². The van der Waals surface area contributed by atoms with Crippen molar-refractivity contribution in [2.24, 2.45) is 0 Å². The number of hydrogen-bond donors (Lipinski definition) is 1. The Hall–Kier alpha value is 0.396. The van der Waals surface area contributed by atoms with Crippen LogP contribution < -0.4 is 0 Å². The number of aliphatic hydroxyl groups excluding tert-OH is 1. The van der Waals surface area contributed by atoms with Crippen LogP contribution in [-0.4, -0.2) is 39.7 Å². The molecule has 0 atom stereocenters. The monoisotopic (exact) mass is 113 g/mol. The van der Waals surface area contributed by atoms with Crippen LogP contribution in [-0.2, 0) is 4.79 Å². The molecule has 7 heavy (non-hydrogen) atoms. The molecule has 0 unspecified atom stereocenters. The third kappa shape index (κ3) is 63.4. The Kier molecular flexibility index (Phi) is 24.0. The predicted molar refractivity (Wildman–Crippen MR) is 29.4 cm³/mol. The first-order chi connectivity index (χ1) is 3.33. The molecule has 0 spiro atoms. The summed E-state index contributed by atoms with van der Waals surface area (Å²) >= 11 is 1.65. The molecule has 7 radical (unpaired) electrons. The number of aldehydes is 1. The normalized spacial score (nSPS) is 6.14. The van der Waals surface area contributed by atoms with Crippen LogP contribution in [0.25, 0.3) is 0 Å². The molecule has 0 bridgehead atoms. The van der Waals surface area contributed by atoms with E-state index in [1.165, 1.54) is 0 Å². The Bertz CT molecular complexity index is 30.9. The van der Waals surface area contributed by atoms with Crippen LogP contribution in [0.5, 0.6) is 0 Å². The minimum Gasteiger partial charge on any atom is -0.397 e. The highest BCUT2D eigenvalue weighted by atomic mass is 24.4. The fourth-order valence-electron chi connectivity index (χ4n) is 0. The highest BCUT2D eigenvalue weighted by Crippen LogP contribution is 1.46. The average Bonchev–Trinajstić information content (AvgIpc) is 1.69. The minimum absolute atomic E-state index is 0.250. The van der Waals surface area contributed by atoms with Crippen molar-refractivity contribution in [3.05, 3.63) is 0 Å². The lowest BCUT2D eigenvalue weighted by atomic mass is 10.9. The summed E-state index contributed by atoms with van der Waals surface area (Å²) in [5.74, 6) is 0. The van der Waals surface area contributed by atoms with Crippen LogP contribution in [0, 0.1) is 0 Å². The maximum absolute atomic E-state index is 9.18. The van der Waals surface area contributed by atoms with Gasteiger partial charge in [0, 0.05) is 6.61 Å². The maximum atomic E-state index is 9.18. The number of carbonyl (C=O) groups excluding carboxylic acids is 1. The summed E-state index contributed by atoms with van der Waals surface area (Å²) in [4.78, 5) is 9.18. The zero-order valence-electron chi connectivity index (χ0n) is 4.55. The van der Waals surface area contributed by atoms with Gasteiger partial charge < -0.3 is 5.11 Å². The summed E-state index contributed by atoms with van der Waals surface area (Å²) in [5.41, 5.74) is 0. The Balaban J connectivity index is 0. The molecule has 0 amide bonds. The van der Waals surface area contributed by atoms with Gasteiger partial charge >= 0.3 is 26.3 Å². The van der Waals surface area contributed by atoms with Crippen LogP contribution in [0.15, 0.2) is 0 Å². The van der Waals surface area contributed by atoms with Gasteiger partial charge in [-0.3, -0.25) is 4.79 Å². The number of hydrogen-bond acceptors (Lipinski definition) is 2. The van der Waals surface area contributed by atoms with Crippen LogP contribution in [0.1, 0.15) is 6.92 Å². The molecule has 0 aromatic rings. The third-order valence-electron chi connectivity index (χ3n) is 0.118. The molecule has 0 aliphatic rings. The van der Waals surface area contributed by atoms with Crippen LogP contribution in [0.2, 0.25) is 4.55 Å². The highest BCUT2D eigenvalue weighted by molar-refractivity contribution is 6.15. The van der Waals surface area contributed by atoms with Gasteiger partial charge in [-0.25, -0.2) is 0 Å². The van der Waals surface area contributed by atoms with Gasteiger partial charge in [-0.15, -0.1) is 0 Å². The molecule has 0 saturated carbocycles. The largest absolute Gasteiger partial charge is 1.42 e. The lowest BCUT2D eigenvalue weighted by Gasteiger charge is -1.52. The second kappa shape index (κ2) is 16.1. The highest BCUT2D eigenvalue weighted by Gasteiger charge is 2.19. The Morgan fingerprint density at radius 1 is 1.86 bits per heavy atom. The molecular weight excluding hydrogens is 104 g/mol. The lowest BCUT2D eigenvalue weighted by Crippen LogP contribution is -1.61. The topological polar surface area (TPSA) is 37.3 Å². The quantitative estimate of drug-likeness (QED) is 0.377. The molecule has 0 aromatic heterocycles. The van der Waals surface area contributed by atoms with E-state index in [-0.39, 0.29) is 6.61 Å². The summed E-state index contributed by atoms with van der Waals surface area (Å²) in [5, 5.41) is 7.57. The van der Waals surface area contributed by atoms with Gasteiger partial charge in [0.15, 0.2) is 6.29 Å². The van der Waals surface area contributed by atoms with Crippen molar-refractivity contribution in [1.82, 2.24) is 0 Å². The van der Waals surface area contributed by atoms with Crippen molar-refractivity contribution in [3.63, 3.8) is 0 Å². The van der Waals surface area contributed by atoms with E-state index in [9.17, 15) is 4.79 Å². The van der Waals surface area contributed by atoms with E-state index in [1.54, 1.807) is 28.6 Å². The summed E-state index contributed by atoms with van der Waals surface area (Å²) in [6.07, 6.45) is 0.887. The second-order valence-electron chi connectivity index (χ2n) is 0.772. The van der Waals surface area contributed by atoms with Crippen molar-refractivity contribution in [2.45, 2.75) is 11.5 Å². The molecular formula is C4H9MgO2+2. The molecule has 0 aromatic carbocycles. The molecule has 37 valence electrons. The molecule has 3 heteroatoms. The van der Waals surface area contributed by atoms with Crippen molar-refractivity contribution in [3.8, 4) is 0 Å².